The maximum absolute atomic E-state index is 8.37. The minimum Gasteiger partial charge on any atom is -0.497 e. The molecule has 1 aromatic heterocycles. The van der Waals surface area contributed by atoms with Crippen LogP contribution in [0.15, 0.2) is 29.5 Å². The number of hydrogen-bond acceptors (Lipinski definition) is 3. The molecule has 1 aromatic carbocycles. The van der Waals surface area contributed by atoms with Crippen molar-refractivity contribution in [2.75, 3.05) is 7.11 Å². The van der Waals surface area contributed by atoms with Crippen molar-refractivity contribution >= 4 is 10.9 Å². The number of methoxy groups -OCH3 is 1. The third-order valence-electron chi connectivity index (χ3n) is 2.54. The average Bonchev–Trinajstić information content (AvgIpc) is 2.72. The molecule has 0 amide bonds. The quantitative estimate of drug-likeness (QED) is 0.461. The van der Waals surface area contributed by atoms with E-state index in [9.17, 15) is 0 Å². The van der Waals surface area contributed by atoms with Gasteiger partial charge >= 0.3 is 0 Å². The second-order valence-electron chi connectivity index (χ2n) is 3.81. The van der Waals surface area contributed by atoms with Crippen molar-refractivity contribution in [3.05, 3.63) is 34.8 Å². The number of ether oxygens (including phenoxy) is 1. The molecule has 0 fully saturated rings. The van der Waals surface area contributed by atoms with Gasteiger partial charge in [-0.2, -0.15) is 5.10 Å². The molecule has 0 radical (unpaired) electrons. The predicted octanol–water partition coefficient (Wildman–Crippen LogP) is 2.74. The normalized spacial score (nSPS) is 12.1. The average molecular weight is 231 g/mol. The maximum atomic E-state index is 8.37. The van der Waals surface area contributed by atoms with E-state index in [2.05, 4.69) is 15.1 Å². The van der Waals surface area contributed by atoms with Crippen molar-refractivity contribution in [2.45, 2.75) is 19.5 Å². The molecule has 0 bridgehead atoms. The highest BCUT2D eigenvalue weighted by Crippen LogP contribution is 2.20. The Labute approximate surface area is 98.4 Å². The van der Waals surface area contributed by atoms with Crippen molar-refractivity contribution < 1.29 is 4.74 Å². The summed E-state index contributed by atoms with van der Waals surface area (Å²) >= 11 is 0. The van der Waals surface area contributed by atoms with Gasteiger partial charge in [-0.05, 0) is 17.7 Å². The molecule has 2 rings (SSSR count). The van der Waals surface area contributed by atoms with Crippen molar-refractivity contribution in [1.29, 1.82) is 0 Å². The summed E-state index contributed by atoms with van der Waals surface area (Å²) in [7, 11) is 1.63. The second-order valence-corrected chi connectivity index (χ2v) is 3.81. The number of hydrogen-bond donors (Lipinski definition) is 0. The Morgan fingerprint density at radius 2 is 2.41 bits per heavy atom. The Morgan fingerprint density at radius 1 is 1.59 bits per heavy atom. The van der Waals surface area contributed by atoms with Crippen LogP contribution in [0.2, 0.25) is 0 Å². The van der Waals surface area contributed by atoms with Crippen LogP contribution in [0.3, 0.4) is 0 Å². The number of rotatable bonds is 4. The second kappa shape index (κ2) is 4.76. The van der Waals surface area contributed by atoms with E-state index in [0.29, 0.717) is 6.54 Å². The van der Waals surface area contributed by atoms with Crippen molar-refractivity contribution in [3.8, 4) is 5.75 Å². The maximum Gasteiger partial charge on any atom is 0.121 e. The van der Waals surface area contributed by atoms with Crippen LogP contribution in [-0.4, -0.2) is 22.9 Å². The summed E-state index contributed by atoms with van der Waals surface area (Å²) in [5.74, 6) is 0.788. The van der Waals surface area contributed by atoms with Gasteiger partial charge in [0, 0.05) is 22.9 Å². The van der Waals surface area contributed by atoms with E-state index in [-0.39, 0.29) is 6.04 Å². The van der Waals surface area contributed by atoms with Gasteiger partial charge in [0.25, 0.3) is 0 Å². The SMILES string of the molecule is COc1ccc2cnn(C[C@H](C)N=[N+]=[N-])c2c1. The molecule has 88 valence electrons. The van der Waals surface area contributed by atoms with Crippen molar-refractivity contribution in [3.63, 3.8) is 0 Å². The largest absolute Gasteiger partial charge is 0.497 e. The molecular weight excluding hydrogens is 218 g/mol. The lowest BCUT2D eigenvalue weighted by molar-refractivity contribution is 0.415. The van der Waals surface area contributed by atoms with Gasteiger partial charge in [-0.3, -0.25) is 4.68 Å². The highest BCUT2D eigenvalue weighted by Gasteiger charge is 2.07. The molecule has 0 spiro atoms. The van der Waals surface area contributed by atoms with Gasteiger partial charge in [0.2, 0.25) is 0 Å². The van der Waals surface area contributed by atoms with Gasteiger partial charge in [0.1, 0.15) is 5.75 Å². The summed E-state index contributed by atoms with van der Waals surface area (Å²) in [6, 6.07) is 5.64. The molecule has 0 unspecified atom stereocenters. The molecule has 0 aliphatic rings. The van der Waals surface area contributed by atoms with E-state index < -0.39 is 0 Å². The van der Waals surface area contributed by atoms with Crippen LogP contribution >= 0.6 is 0 Å². The molecule has 6 heteroatoms. The Kier molecular flexibility index (Phi) is 3.16. The van der Waals surface area contributed by atoms with Gasteiger partial charge in [-0.25, -0.2) is 0 Å². The lowest BCUT2D eigenvalue weighted by Gasteiger charge is -2.07. The molecule has 0 N–H and O–H groups in total. The fraction of sp³-hybridized carbons (Fsp3) is 0.364. The highest BCUT2D eigenvalue weighted by atomic mass is 16.5. The van der Waals surface area contributed by atoms with E-state index in [0.717, 1.165) is 16.7 Å². The fourth-order valence-electron chi connectivity index (χ4n) is 1.70. The Balaban J connectivity index is 2.37. The van der Waals surface area contributed by atoms with E-state index in [4.69, 9.17) is 10.3 Å². The minimum absolute atomic E-state index is 0.130. The van der Waals surface area contributed by atoms with Gasteiger partial charge in [0.05, 0.1) is 24.9 Å². The molecule has 0 saturated heterocycles. The molecule has 0 aliphatic heterocycles. The number of aromatic nitrogens is 2. The van der Waals surface area contributed by atoms with E-state index in [1.165, 1.54) is 0 Å². The number of azide groups is 1. The van der Waals surface area contributed by atoms with Crippen LogP contribution in [0, 0.1) is 0 Å². The first kappa shape index (κ1) is 11.3. The zero-order chi connectivity index (χ0) is 12.3. The summed E-state index contributed by atoms with van der Waals surface area (Å²) in [5, 5.41) is 8.95. The molecule has 0 saturated carbocycles. The van der Waals surface area contributed by atoms with Gasteiger partial charge in [-0.15, -0.1) is 0 Å². The summed E-state index contributed by atoms with van der Waals surface area (Å²) in [5.41, 5.74) is 9.35. The van der Waals surface area contributed by atoms with E-state index in [1.807, 2.05) is 29.8 Å². The smallest absolute Gasteiger partial charge is 0.121 e. The molecule has 6 nitrogen and oxygen atoms in total. The summed E-state index contributed by atoms with van der Waals surface area (Å²) in [6.07, 6.45) is 1.79. The van der Waals surface area contributed by atoms with Crippen LogP contribution in [-0.2, 0) is 6.54 Å². The van der Waals surface area contributed by atoms with Crippen molar-refractivity contribution in [1.82, 2.24) is 9.78 Å². The zero-order valence-electron chi connectivity index (χ0n) is 9.74. The Bertz CT molecular complexity index is 570. The molecule has 2 aromatic rings. The minimum atomic E-state index is -0.130. The zero-order valence-corrected chi connectivity index (χ0v) is 9.74. The lowest BCUT2D eigenvalue weighted by atomic mass is 10.2. The highest BCUT2D eigenvalue weighted by molar-refractivity contribution is 5.80. The molecular formula is C11H13N5O. The van der Waals surface area contributed by atoms with Gasteiger partial charge in [-0.1, -0.05) is 12.0 Å². The van der Waals surface area contributed by atoms with E-state index >= 15 is 0 Å². The van der Waals surface area contributed by atoms with Gasteiger partial charge in [0.15, 0.2) is 0 Å². The van der Waals surface area contributed by atoms with E-state index in [1.54, 1.807) is 13.3 Å². The summed E-state index contributed by atoms with van der Waals surface area (Å²) in [4.78, 5) is 2.79. The van der Waals surface area contributed by atoms with Crippen LogP contribution in [0.4, 0.5) is 0 Å². The van der Waals surface area contributed by atoms with Gasteiger partial charge < -0.3 is 4.74 Å². The molecule has 1 heterocycles. The van der Waals surface area contributed by atoms with Crippen molar-refractivity contribution in [2.24, 2.45) is 5.11 Å². The first-order chi connectivity index (χ1) is 8.24. The predicted molar refractivity (Wildman–Crippen MR) is 64.9 cm³/mol. The van der Waals surface area contributed by atoms with Crippen LogP contribution in [0.5, 0.6) is 5.75 Å². The van der Waals surface area contributed by atoms with Crippen LogP contribution in [0.1, 0.15) is 6.92 Å². The Morgan fingerprint density at radius 3 is 3.12 bits per heavy atom. The topological polar surface area (TPSA) is 75.8 Å². The molecule has 0 aliphatic carbocycles. The number of nitrogens with zero attached hydrogens (tertiary/aromatic N) is 5. The summed E-state index contributed by atoms with van der Waals surface area (Å²) < 4.78 is 6.99. The third-order valence-corrected chi connectivity index (χ3v) is 2.54. The van der Waals surface area contributed by atoms with Crippen LogP contribution in [0.25, 0.3) is 21.3 Å². The lowest BCUT2D eigenvalue weighted by Crippen LogP contribution is -2.10. The van der Waals surface area contributed by atoms with Crippen LogP contribution < -0.4 is 4.74 Å². The standard InChI is InChI=1S/C11H13N5O/c1-8(14-15-12)7-16-11-5-10(17-2)4-3-9(11)6-13-16/h3-6,8H,7H2,1-2H3/t8-/m0/s1. The molecule has 1 atom stereocenters. The first-order valence-corrected chi connectivity index (χ1v) is 5.28. The monoisotopic (exact) mass is 231 g/mol. The Hall–Kier alpha value is -2.20. The fourth-order valence-corrected chi connectivity index (χ4v) is 1.70. The summed E-state index contributed by atoms with van der Waals surface area (Å²) in [6.45, 7) is 2.41. The number of benzene rings is 1. The third kappa shape index (κ3) is 2.32. The number of fused-ring (bicyclic) bond motifs is 1. The first-order valence-electron chi connectivity index (χ1n) is 5.28. The molecule has 17 heavy (non-hydrogen) atoms.